The maximum atomic E-state index is 7.13. The predicted octanol–water partition coefficient (Wildman–Crippen LogP) is 7.54. The van der Waals surface area contributed by atoms with Gasteiger partial charge in [0.05, 0.1) is 20.5 Å². The van der Waals surface area contributed by atoms with Gasteiger partial charge in [-0.25, -0.2) is 0 Å². The highest BCUT2D eigenvalue weighted by Crippen LogP contribution is 2.44. The van der Waals surface area contributed by atoms with Crippen molar-refractivity contribution < 1.29 is 13.9 Å². The number of hydrogen-bond donors (Lipinski definition) is 0. The number of hydrogen-bond acceptors (Lipinski definition) is 3. The highest BCUT2D eigenvalue weighted by molar-refractivity contribution is 6.99. The highest BCUT2D eigenvalue weighted by Gasteiger charge is 2.51. The largest absolute Gasteiger partial charge is 0.540 e. The van der Waals surface area contributed by atoms with Crippen molar-refractivity contribution in [3.8, 4) is 11.5 Å². The summed E-state index contributed by atoms with van der Waals surface area (Å²) < 4.78 is 18.6. The van der Waals surface area contributed by atoms with E-state index in [4.69, 9.17) is 13.9 Å². The molecular weight excluding hydrogens is 496 g/mol. The van der Waals surface area contributed by atoms with Crippen LogP contribution in [0.4, 0.5) is 0 Å². The van der Waals surface area contributed by atoms with Crippen molar-refractivity contribution in [1.29, 1.82) is 0 Å². The van der Waals surface area contributed by atoms with Crippen LogP contribution in [0.15, 0.2) is 97.3 Å². The molecule has 1 aliphatic rings. The van der Waals surface area contributed by atoms with Crippen LogP contribution >= 0.6 is 0 Å². The lowest BCUT2D eigenvalue weighted by molar-refractivity contribution is 0.409. The molecule has 0 saturated heterocycles. The first-order valence-electron chi connectivity index (χ1n) is 13.9. The molecule has 1 atom stereocenters. The van der Waals surface area contributed by atoms with Crippen LogP contribution in [-0.4, -0.2) is 22.5 Å². The quantitative estimate of drug-likeness (QED) is 0.180. The van der Waals surface area contributed by atoms with Gasteiger partial charge in [0, 0.05) is 16.2 Å². The summed E-state index contributed by atoms with van der Waals surface area (Å²) in [4.78, 5) is 0. The van der Waals surface area contributed by atoms with Crippen LogP contribution in [0.1, 0.15) is 51.7 Å². The number of methoxy groups -OCH3 is 2. The first kappa shape index (κ1) is 27.1. The minimum absolute atomic E-state index is 0.0778. The summed E-state index contributed by atoms with van der Waals surface area (Å²) in [7, 11) is 0.813. The molecule has 0 heterocycles. The molecule has 4 aromatic carbocycles. The van der Waals surface area contributed by atoms with Gasteiger partial charge in [0.2, 0.25) is 0 Å². The fraction of sp³-hybridized carbons (Fsp3) is 0.314. The van der Waals surface area contributed by atoms with Gasteiger partial charge in [-0.2, -0.15) is 0 Å². The Balaban J connectivity index is 1.61. The first-order chi connectivity index (χ1) is 18.7. The summed E-state index contributed by atoms with van der Waals surface area (Å²) in [6.45, 7) is 9.29. The number of allylic oxidation sites excluding steroid dienone is 1. The Hall–Kier alpha value is -3.50. The fourth-order valence-corrected chi connectivity index (χ4v) is 10.7. The Morgan fingerprint density at radius 3 is 1.82 bits per heavy atom. The normalized spacial score (nSPS) is 17.7. The Morgan fingerprint density at radius 2 is 1.31 bits per heavy atom. The Labute approximate surface area is 234 Å². The van der Waals surface area contributed by atoms with Crippen molar-refractivity contribution in [3.63, 3.8) is 0 Å². The molecule has 4 aromatic rings. The van der Waals surface area contributed by atoms with Gasteiger partial charge in [-0.15, -0.1) is 0 Å². The standard InChI is InChI=1S/C35H40O3Si/c1-34(2,3)39(27-15-9-7-10-16-27,28-17-11-8-12-18-28)38-23-22-35(4)21-13-14-26-24-29-30(25-31(26)35)33(37-6)20-19-32(29)36-5/h7-12,15-20,22-25H,13-14,21H2,1-6H3/b23-22+/t35-/m1/s1. The molecule has 0 amide bonds. The molecular formula is C35H40O3Si. The van der Waals surface area contributed by atoms with E-state index < -0.39 is 8.32 Å². The first-order valence-corrected chi connectivity index (χ1v) is 15.8. The van der Waals surface area contributed by atoms with Crippen LogP contribution in [0, 0.1) is 0 Å². The van der Waals surface area contributed by atoms with Crippen molar-refractivity contribution in [2.75, 3.05) is 14.2 Å². The van der Waals surface area contributed by atoms with Crippen molar-refractivity contribution in [2.24, 2.45) is 0 Å². The second-order valence-electron chi connectivity index (χ2n) is 11.9. The number of ether oxygens (including phenoxy) is 2. The van der Waals surface area contributed by atoms with Gasteiger partial charge in [-0.05, 0) is 76.1 Å². The summed E-state index contributed by atoms with van der Waals surface area (Å²) in [5, 5.41) is 4.68. The van der Waals surface area contributed by atoms with Crippen LogP contribution in [0.2, 0.25) is 5.04 Å². The predicted molar refractivity (Wildman–Crippen MR) is 165 cm³/mol. The van der Waals surface area contributed by atoms with Crippen molar-refractivity contribution >= 4 is 29.5 Å². The van der Waals surface area contributed by atoms with Crippen molar-refractivity contribution in [2.45, 2.75) is 57.4 Å². The average Bonchev–Trinajstić information content (AvgIpc) is 2.94. The van der Waals surface area contributed by atoms with Crippen LogP contribution in [0.5, 0.6) is 11.5 Å². The van der Waals surface area contributed by atoms with Gasteiger partial charge in [0.25, 0.3) is 0 Å². The van der Waals surface area contributed by atoms with E-state index in [-0.39, 0.29) is 10.5 Å². The lowest BCUT2D eigenvalue weighted by atomic mass is 9.70. The zero-order valence-electron chi connectivity index (χ0n) is 24.1. The van der Waals surface area contributed by atoms with Gasteiger partial charge in [0.1, 0.15) is 11.5 Å². The summed E-state index contributed by atoms with van der Waals surface area (Å²) in [6, 6.07) is 30.2. The van der Waals surface area contributed by atoms with E-state index in [0.29, 0.717) is 0 Å². The molecule has 202 valence electrons. The second kappa shape index (κ2) is 10.6. The Kier molecular flexibility index (Phi) is 7.34. The van der Waals surface area contributed by atoms with E-state index >= 15 is 0 Å². The van der Waals surface area contributed by atoms with E-state index in [1.807, 2.05) is 18.4 Å². The maximum Gasteiger partial charge on any atom is 0.319 e. The van der Waals surface area contributed by atoms with Gasteiger partial charge in [0.15, 0.2) is 0 Å². The average molecular weight is 537 g/mol. The number of rotatable bonds is 7. The molecule has 3 nitrogen and oxygen atoms in total. The molecule has 1 aliphatic carbocycles. The Morgan fingerprint density at radius 1 is 0.769 bits per heavy atom. The molecule has 0 radical (unpaired) electrons. The van der Waals surface area contributed by atoms with E-state index in [2.05, 4.69) is 107 Å². The summed E-state index contributed by atoms with van der Waals surface area (Å²) in [6.07, 6.45) is 7.59. The third kappa shape index (κ3) is 4.76. The lowest BCUT2D eigenvalue weighted by Crippen LogP contribution is -2.65. The molecule has 0 bridgehead atoms. The fourth-order valence-electron chi connectivity index (χ4n) is 6.41. The maximum absolute atomic E-state index is 7.13. The zero-order valence-corrected chi connectivity index (χ0v) is 25.1. The third-order valence-corrected chi connectivity index (χ3v) is 13.4. The highest BCUT2D eigenvalue weighted by atomic mass is 28.4. The number of fused-ring (bicyclic) bond motifs is 2. The minimum Gasteiger partial charge on any atom is -0.540 e. The summed E-state index contributed by atoms with van der Waals surface area (Å²) in [5.74, 6) is 1.75. The van der Waals surface area contributed by atoms with Crippen LogP contribution < -0.4 is 19.8 Å². The van der Waals surface area contributed by atoms with Gasteiger partial charge >= 0.3 is 8.32 Å². The zero-order chi connectivity index (χ0) is 27.7. The molecule has 0 N–H and O–H groups in total. The van der Waals surface area contributed by atoms with Gasteiger partial charge in [-0.3, -0.25) is 0 Å². The van der Waals surface area contributed by atoms with E-state index in [1.54, 1.807) is 14.2 Å². The molecule has 5 rings (SSSR count). The van der Waals surface area contributed by atoms with Crippen LogP contribution in [0.3, 0.4) is 0 Å². The summed E-state index contributed by atoms with van der Waals surface area (Å²) >= 11 is 0. The number of aryl methyl sites for hydroxylation is 1. The SMILES string of the molecule is COc1ccc(OC)c2cc3c(cc12)CCC[C@]3(C)/C=C/O[Si](c1ccccc1)(c1ccccc1)C(C)(C)C. The van der Waals surface area contributed by atoms with Crippen LogP contribution in [-0.2, 0) is 16.3 Å². The molecule has 39 heavy (non-hydrogen) atoms. The topological polar surface area (TPSA) is 27.7 Å². The second-order valence-corrected chi connectivity index (χ2v) is 16.1. The minimum atomic E-state index is -2.65. The van der Waals surface area contributed by atoms with E-state index in [0.717, 1.165) is 41.5 Å². The molecule has 0 aromatic heterocycles. The smallest absolute Gasteiger partial charge is 0.319 e. The van der Waals surface area contributed by atoms with Gasteiger partial charge in [-0.1, -0.05) is 88.4 Å². The molecule has 4 heteroatoms. The number of benzene rings is 4. The molecule has 0 unspecified atom stereocenters. The molecule has 0 spiro atoms. The van der Waals surface area contributed by atoms with Gasteiger partial charge < -0.3 is 13.9 Å². The third-order valence-electron chi connectivity index (χ3n) is 8.46. The molecule has 0 fully saturated rings. The van der Waals surface area contributed by atoms with Crippen LogP contribution in [0.25, 0.3) is 10.8 Å². The Bertz CT molecular complexity index is 1430. The lowest BCUT2D eigenvalue weighted by Gasteiger charge is -2.42. The van der Waals surface area contributed by atoms with E-state index in [1.165, 1.54) is 21.5 Å². The summed E-state index contributed by atoms with van der Waals surface area (Å²) in [5.41, 5.74) is 2.56. The van der Waals surface area contributed by atoms with Crippen molar-refractivity contribution in [1.82, 2.24) is 0 Å². The van der Waals surface area contributed by atoms with E-state index in [9.17, 15) is 0 Å². The van der Waals surface area contributed by atoms with Crippen molar-refractivity contribution in [3.05, 3.63) is 108 Å². The molecule has 0 aliphatic heterocycles. The molecule has 0 saturated carbocycles. The monoisotopic (exact) mass is 536 g/mol.